The van der Waals surface area contributed by atoms with Crippen LogP contribution in [0, 0.1) is 5.82 Å². The fraction of sp³-hybridized carbons (Fsp3) is 0.576. The molecule has 0 bridgehead atoms. The maximum atomic E-state index is 14.6. The molecule has 1 aliphatic heterocycles. The van der Waals surface area contributed by atoms with Crippen molar-refractivity contribution in [2.24, 2.45) is 0 Å². The molecule has 3 aromatic rings. The molecule has 1 saturated carbocycles. The molecule has 4 heterocycles. The first kappa shape index (κ1) is 33.1. The average Bonchev–Trinajstić information content (AvgIpc) is 3.63. The molecule has 14 heteroatoms. The van der Waals surface area contributed by atoms with Gasteiger partial charge >= 0.3 is 12.3 Å². The molecule has 6 rings (SSSR count). The van der Waals surface area contributed by atoms with Crippen molar-refractivity contribution in [1.82, 2.24) is 19.7 Å². The molecular formula is C33H39F4N5O5. The number of carbonyl (C=O) groups is 1. The molecule has 1 spiro atoms. The summed E-state index contributed by atoms with van der Waals surface area (Å²) in [6, 6.07) is 2.35. The van der Waals surface area contributed by atoms with Crippen LogP contribution in [-0.4, -0.2) is 63.1 Å². The number of aromatic nitrogens is 4. The van der Waals surface area contributed by atoms with Crippen molar-refractivity contribution >= 4 is 28.4 Å². The Balaban J connectivity index is 1.28. The second-order valence-electron chi connectivity index (χ2n) is 13.1. The molecule has 0 radical (unpaired) electrons. The van der Waals surface area contributed by atoms with Crippen LogP contribution in [0.1, 0.15) is 89.9 Å². The molecule has 0 unspecified atom stereocenters. The number of carbonyl (C=O) groups excluding carboxylic acids is 1. The largest absolute Gasteiger partial charge is 0.472 e. The van der Waals surface area contributed by atoms with Gasteiger partial charge in [-0.15, -0.1) is 0 Å². The maximum Gasteiger partial charge on any atom is 0.419 e. The molecule has 1 amide bonds. The SMILES string of the molecule is CCN(C(=O)OC(C)(C)C)c1cc2c(cn1)c(C1=CCC3(CC1)OCCO3)nn2C1CCC(Oc2nccc(C(F)(F)F)c2F)CC1. The average molecular weight is 662 g/mol. The zero-order valence-corrected chi connectivity index (χ0v) is 26.9. The van der Waals surface area contributed by atoms with Crippen LogP contribution in [0.15, 0.2) is 30.6 Å². The highest BCUT2D eigenvalue weighted by Gasteiger charge is 2.39. The number of pyridine rings is 2. The summed E-state index contributed by atoms with van der Waals surface area (Å²) in [6.07, 6.45) is 2.93. The van der Waals surface area contributed by atoms with E-state index < -0.39 is 47.0 Å². The Morgan fingerprint density at radius 3 is 2.47 bits per heavy atom. The molecular weight excluding hydrogens is 622 g/mol. The smallest absolute Gasteiger partial charge is 0.419 e. The fourth-order valence-corrected chi connectivity index (χ4v) is 6.46. The van der Waals surface area contributed by atoms with E-state index >= 15 is 0 Å². The van der Waals surface area contributed by atoms with E-state index in [1.54, 1.807) is 27.0 Å². The number of allylic oxidation sites excluding steroid dienone is 1. The summed E-state index contributed by atoms with van der Waals surface area (Å²) in [4.78, 5) is 22.9. The van der Waals surface area contributed by atoms with Crippen LogP contribution >= 0.6 is 0 Å². The number of amides is 1. The number of halogens is 4. The van der Waals surface area contributed by atoms with Gasteiger partial charge in [-0.3, -0.25) is 9.58 Å². The number of hydrogen-bond acceptors (Lipinski definition) is 8. The van der Waals surface area contributed by atoms with E-state index in [1.807, 2.05) is 17.7 Å². The number of rotatable bonds is 6. The van der Waals surface area contributed by atoms with E-state index in [4.69, 9.17) is 24.0 Å². The zero-order valence-electron chi connectivity index (χ0n) is 26.9. The monoisotopic (exact) mass is 661 g/mol. The lowest BCUT2D eigenvalue weighted by atomic mass is 9.91. The Kier molecular flexibility index (Phi) is 8.94. The van der Waals surface area contributed by atoms with E-state index in [9.17, 15) is 22.4 Å². The number of fused-ring (bicyclic) bond motifs is 1. The van der Waals surface area contributed by atoms with Crippen molar-refractivity contribution in [3.8, 4) is 5.88 Å². The Morgan fingerprint density at radius 2 is 1.85 bits per heavy atom. The van der Waals surface area contributed by atoms with Gasteiger partial charge in [0.05, 0.1) is 36.0 Å². The Labute approximate surface area is 270 Å². The van der Waals surface area contributed by atoms with Gasteiger partial charge < -0.3 is 18.9 Å². The topological polar surface area (TPSA) is 101 Å². The Bertz CT molecular complexity index is 1650. The van der Waals surface area contributed by atoms with Gasteiger partial charge in [0.15, 0.2) is 11.6 Å². The highest BCUT2D eigenvalue weighted by molar-refractivity contribution is 5.94. The van der Waals surface area contributed by atoms with E-state index in [-0.39, 0.29) is 6.04 Å². The van der Waals surface area contributed by atoms with Crippen molar-refractivity contribution in [1.29, 1.82) is 0 Å². The van der Waals surface area contributed by atoms with Crippen LogP contribution in [0.25, 0.3) is 16.5 Å². The molecule has 10 nitrogen and oxygen atoms in total. The summed E-state index contributed by atoms with van der Waals surface area (Å²) in [5.41, 5.74) is 0.541. The van der Waals surface area contributed by atoms with Crippen molar-refractivity contribution in [2.75, 3.05) is 24.7 Å². The molecule has 2 fully saturated rings. The number of anilines is 1. The van der Waals surface area contributed by atoms with Gasteiger partial charge in [-0.05, 0) is 71.4 Å². The minimum absolute atomic E-state index is 0.0886. The summed E-state index contributed by atoms with van der Waals surface area (Å²) in [5.74, 6) is -2.32. The molecule has 1 saturated heterocycles. The minimum atomic E-state index is -4.85. The first-order chi connectivity index (χ1) is 22.3. The van der Waals surface area contributed by atoms with E-state index in [0.717, 1.165) is 28.4 Å². The Morgan fingerprint density at radius 1 is 1.13 bits per heavy atom. The van der Waals surface area contributed by atoms with Crippen LogP contribution in [-0.2, 0) is 20.4 Å². The predicted octanol–water partition coefficient (Wildman–Crippen LogP) is 7.62. The normalized spacial score (nSPS) is 21.6. The fourth-order valence-electron chi connectivity index (χ4n) is 6.46. The molecule has 47 heavy (non-hydrogen) atoms. The van der Waals surface area contributed by atoms with Crippen molar-refractivity contribution < 1.29 is 41.3 Å². The number of nitrogens with zero attached hydrogens (tertiary/aromatic N) is 5. The number of hydrogen-bond donors (Lipinski definition) is 0. The van der Waals surface area contributed by atoms with Crippen molar-refractivity contribution in [3.63, 3.8) is 0 Å². The van der Waals surface area contributed by atoms with Gasteiger partial charge in [-0.25, -0.2) is 19.2 Å². The highest BCUT2D eigenvalue weighted by Crippen LogP contribution is 2.42. The van der Waals surface area contributed by atoms with Gasteiger partial charge in [0.1, 0.15) is 17.5 Å². The molecule has 0 aromatic carbocycles. The molecule has 0 N–H and O–H groups in total. The molecule has 0 atom stereocenters. The summed E-state index contributed by atoms with van der Waals surface area (Å²) in [6.45, 7) is 8.74. The lowest BCUT2D eigenvalue weighted by Gasteiger charge is -2.30. The number of alkyl halides is 3. The third-order valence-corrected chi connectivity index (χ3v) is 8.77. The quantitative estimate of drug-likeness (QED) is 0.249. The van der Waals surface area contributed by atoms with E-state index in [2.05, 4.69) is 16.0 Å². The van der Waals surface area contributed by atoms with Crippen LogP contribution in [0.4, 0.5) is 28.2 Å². The van der Waals surface area contributed by atoms with E-state index in [1.165, 1.54) is 4.90 Å². The highest BCUT2D eigenvalue weighted by atomic mass is 19.4. The van der Waals surface area contributed by atoms with Gasteiger partial charge in [-0.1, -0.05) is 6.08 Å². The predicted molar refractivity (Wildman–Crippen MR) is 164 cm³/mol. The first-order valence-corrected chi connectivity index (χ1v) is 16.0. The summed E-state index contributed by atoms with van der Waals surface area (Å²) >= 11 is 0. The van der Waals surface area contributed by atoms with Crippen LogP contribution in [0.2, 0.25) is 0 Å². The van der Waals surface area contributed by atoms with Crippen molar-refractivity contribution in [3.05, 3.63) is 47.7 Å². The van der Waals surface area contributed by atoms with E-state index in [0.29, 0.717) is 76.6 Å². The van der Waals surface area contributed by atoms with Crippen LogP contribution in [0.3, 0.4) is 0 Å². The standard InChI is InChI=1S/C33H39F4N5O5/c1-5-41(30(43)47-31(2,3)4)26-18-25-23(19-39-26)28(20-10-13-32(14-11-20)44-16-17-45-32)40-42(25)21-6-8-22(9-7-21)46-29-27(34)24(12-15-38-29)33(35,36)37/h10,12,15,18-19,21-22H,5-9,11,13-14,16-17H2,1-4H3. The lowest BCUT2D eigenvalue weighted by molar-refractivity contribution is -0.159. The Hall–Kier alpha value is -3.78. The lowest BCUT2D eigenvalue weighted by Crippen LogP contribution is -2.37. The first-order valence-electron chi connectivity index (χ1n) is 16.0. The van der Waals surface area contributed by atoms with Gasteiger partial charge in [0.2, 0.25) is 0 Å². The summed E-state index contributed by atoms with van der Waals surface area (Å²) in [7, 11) is 0. The third-order valence-electron chi connectivity index (χ3n) is 8.77. The molecule has 3 aromatic heterocycles. The van der Waals surface area contributed by atoms with Crippen LogP contribution in [0.5, 0.6) is 5.88 Å². The second-order valence-corrected chi connectivity index (χ2v) is 13.1. The molecule has 2 aliphatic carbocycles. The summed E-state index contributed by atoms with van der Waals surface area (Å²) < 4.78 is 79.3. The molecule has 254 valence electrons. The van der Waals surface area contributed by atoms with Crippen molar-refractivity contribution in [2.45, 2.75) is 102 Å². The number of ether oxygens (including phenoxy) is 4. The molecule has 3 aliphatic rings. The van der Waals surface area contributed by atoms with Gasteiger partial charge in [0.25, 0.3) is 5.88 Å². The third kappa shape index (κ3) is 6.94. The summed E-state index contributed by atoms with van der Waals surface area (Å²) in [5, 5.41) is 5.93. The van der Waals surface area contributed by atoms with Gasteiger partial charge in [0, 0.05) is 43.2 Å². The van der Waals surface area contributed by atoms with Gasteiger partial charge in [-0.2, -0.15) is 18.3 Å². The zero-order chi connectivity index (χ0) is 33.6. The second kappa shape index (κ2) is 12.7. The van der Waals surface area contributed by atoms with Crippen LogP contribution < -0.4 is 9.64 Å². The minimum Gasteiger partial charge on any atom is -0.472 e. The maximum absolute atomic E-state index is 14.6.